The Labute approximate surface area is 116 Å². The van der Waals surface area contributed by atoms with Crippen molar-refractivity contribution in [1.29, 1.82) is 0 Å². The molecule has 1 amide bonds. The maximum atomic E-state index is 12.0. The molecule has 3 nitrogen and oxygen atoms in total. The number of carbonyl (C=O) groups is 1. The Morgan fingerprint density at radius 1 is 1.56 bits per heavy atom. The highest BCUT2D eigenvalue weighted by Crippen LogP contribution is 2.23. The fourth-order valence-corrected chi connectivity index (χ4v) is 1.68. The zero-order valence-corrected chi connectivity index (χ0v) is 12.3. The molecule has 0 aliphatic heterocycles. The second-order valence-electron chi connectivity index (χ2n) is 4.34. The molecule has 0 radical (unpaired) electrons. The maximum absolute atomic E-state index is 12.0. The number of hydrogen-bond donors (Lipinski definition) is 1. The minimum absolute atomic E-state index is 0.157. The van der Waals surface area contributed by atoms with E-state index >= 15 is 0 Å². The molecule has 0 spiro atoms. The van der Waals surface area contributed by atoms with Crippen LogP contribution in [0.4, 0.5) is 0 Å². The van der Waals surface area contributed by atoms with E-state index in [0.717, 1.165) is 4.47 Å². The van der Waals surface area contributed by atoms with Gasteiger partial charge in [-0.15, -0.1) is 6.58 Å². The van der Waals surface area contributed by atoms with Crippen LogP contribution < -0.4 is 10.1 Å². The molecule has 1 N–H and O–H groups in total. The van der Waals surface area contributed by atoms with Crippen molar-refractivity contribution in [2.45, 2.75) is 13.8 Å². The Balaban J connectivity index is 2.88. The first-order valence-electron chi connectivity index (χ1n) is 5.86. The first-order chi connectivity index (χ1) is 8.54. The fraction of sp³-hybridized carbons (Fsp3) is 0.357. The predicted molar refractivity (Wildman–Crippen MR) is 77.0 cm³/mol. The summed E-state index contributed by atoms with van der Waals surface area (Å²) in [6.45, 7) is 8.73. The second kappa shape index (κ2) is 7.21. The second-order valence-corrected chi connectivity index (χ2v) is 5.26. The molecule has 0 heterocycles. The van der Waals surface area contributed by atoms with Crippen LogP contribution >= 0.6 is 15.9 Å². The zero-order chi connectivity index (χ0) is 13.5. The van der Waals surface area contributed by atoms with Gasteiger partial charge in [-0.05, 0) is 24.1 Å². The number of carbonyl (C=O) groups excluding carboxylic acids is 1. The maximum Gasteiger partial charge on any atom is 0.255 e. The van der Waals surface area contributed by atoms with Crippen molar-refractivity contribution in [3.63, 3.8) is 0 Å². The Hall–Kier alpha value is -1.29. The summed E-state index contributed by atoms with van der Waals surface area (Å²) in [6.07, 6.45) is 1.64. The first-order valence-corrected chi connectivity index (χ1v) is 6.65. The van der Waals surface area contributed by atoms with Gasteiger partial charge in [0.05, 0.1) is 12.2 Å². The molecule has 0 unspecified atom stereocenters. The highest BCUT2D eigenvalue weighted by atomic mass is 79.9. The van der Waals surface area contributed by atoms with Gasteiger partial charge < -0.3 is 10.1 Å². The van der Waals surface area contributed by atoms with Crippen molar-refractivity contribution in [2.24, 2.45) is 5.92 Å². The molecule has 0 atom stereocenters. The van der Waals surface area contributed by atoms with Crippen molar-refractivity contribution in [2.75, 3.05) is 13.2 Å². The van der Waals surface area contributed by atoms with E-state index in [9.17, 15) is 4.79 Å². The van der Waals surface area contributed by atoms with Crippen molar-refractivity contribution in [3.05, 3.63) is 40.9 Å². The Morgan fingerprint density at radius 2 is 2.28 bits per heavy atom. The summed E-state index contributed by atoms with van der Waals surface area (Å²) in [4.78, 5) is 12.0. The van der Waals surface area contributed by atoms with E-state index in [-0.39, 0.29) is 5.91 Å². The van der Waals surface area contributed by atoms with Crippen LogP contribution in [-0.2, 0) is 0 Å². The molecule has 1 aromatic carbocycles. The van der Waals surface area contributed by atoms with Gasteiger partial charge in [-0.2, -0.15) is 0 Å². The van der Waals surface area contributed by atoms with Crippen LogP contribution in [0.5, 0.6) is 5.75 Å². The third-order valence-corrected chi connectivity index (χ3v) is 2.66. The molecule has 0 saturated heterocycles. The molecule has 0 aromatic heterocycles. The van der Waals surface area contributed by atoms with Crippen LogP contribution in [0.15, 0.2) is 35.3 Å². The minimum Gasteiger partial charge on any atom is -0.492 e. The molecule has 0 aliphatic carbocycles. The van der Waals surface area contributed by atoms with Crippen molar-refractivity contribution in [1.82, 2.24) is 5.32 Å². The summed E-state index contributed by atoms with van der Waals surface area (Å²) < 4.78 is 6.50. The van der Waals surface area contributed by atoms with Gasteiger partial charge in [0, 0.05) is 11.0 Å². The zero-order valence-electron chi connectivity index (χ0n) is 10.7. The molecule has 1 aromatic rings. The van der Waals surface area contributed by atoms with E-state index in [1.165, 1.54) is 0 Å². The third-order valence-electron chi connectivity index (χ3n) is 2.17. The standard InChI is InChI=1S/C14H18BrNO2/c1-4-7-16-14(17)12-8-11(15)5-6-13(12)18-9-10(2)3/h4-6,8,10H,1,7,9H2,2-3H3,(H,16,17). The van der Waals surface area contributed by atoms with Crippen LogP contribution in [0.3, 0.4) is 0 Å². The fourth-order valence-electron chi connectivity index (χ4n) is 1.32. The highest BCUT2D eigenvalue weighted by molar-refractivity contribution is 9.10. The third kappa shape index (κ3) is 4.53. The number of ether oxygens (including phenoxy) is 1. The predicted octanol–water partition coefficient (Wildman–Crippen LogP) is 3.40. The molecular formula is C14H18BrNO2. The van der Waals surface area contributed by atoms with Gasteiger partial charge in [-0.25, -0.2) is 0 Å². The van der Waals surface area contributed by atoms with Gasteiger partial charge in [-0.3, -0.25) is 4.79 Å². The monoisotopic (exact) mass is 311 g/mol. The molecule has 1 rings (SSSR count). The van der Waals surface area contributed by atoms with Crippen molar-refractivity contribution < 1.29 is 9.53 Å². The Bertz CT molecular complexity index is 430. The van der Waals surface area contributed by atoms with E-state index in [0.29, 0.717) is 30.4 Å². The summed E-state index contributed by atoms with van der Waals surface area (Å²) in [6, 6.07) is 5.42. The molecule has 0 saturated carbocycles. The van der Waals surface area contributed by atoms with Gasteiger partial charge >= 0.3 is 0 Å². The number of amides is 1. The SMILES string of the molecule is C=CCNC(=O)c1cc(Br)ccc1OCC(C)C. The lowest BCUT2D eigenvalue weighted by Crippen LogP contribution is -2.24. The Morgan fingerprint density at radius 3 is 2.89 bits per heavy atom. The van der Waals surface area contributed by atoms with Crippen LogP contribution in [-0.4, -0.2) is 19.1 Å². The number of rotatable bonds is 6. The van der Waals surface area contributed by atoms with Crippen molar-refractivity contribution >= 4 is 21.8 Å². The van der Waals surface area contributed by atoms with Crippen LogP contribution in [0.1, 0.15) is 24.2 Å². The number of halogens is 1. The molecule has 18 heavy (non-hydrogen) atoms. The molecule has 4 heteroatoms. The lowest BCUT2D eigenvalue weighted by atomic mass is 10.2. The molecule has 0 bridgehead atoms. The van der Waals surface area contributed by atoms with Crippen molar-refractivity contribution in [3.8, 4) is 5.75 Å². The van der Waals surface area contributed by atoms with E-state index in [1.807, 2.05) is 6.07 Å². The van der Waals surface area contributed by atoms with Gasteiger partial charge in [-0.1, -0.05) is 35.9 Å². The van der Waals surface area contributed by atoms with Gasteiger partial charge in [0.15, 0.2) is 0 Å². The summed E-state index contributed by atoms with van der Waals surface area (Å²) in [7, 11) is 0. The molecule has 98 valence electrons. The number of hydrogen-bond acceptors (Lipinski definition) is 2. The highest BCUT2D eigenvalue weighted by Gasteiger charge is 2.13. The smallest absolute Gasteiger partial charge is 0.255 e. The lowest BCUT2D eigenvalue weighted by Gasteiger charge is -2.13. The quantitative estimate of drug-likeness (QED) is 0.818. The summed E-state index contributed by atoms with van der Waals surface area (Å²) in [5.41, 5.74) is 0.534. The van der Waals surface area contributed by atoms with Gasteiger partial charge in [0.2, 0.25) is 0 Å². The summed E-state index contributed by atoms with van der Waals surface area (Å²) in [5, 5.41) is 2.75. The first kappa shape index (κ1) is 14.8. The molecular weight excluding hydrogens is 294 g/mol. The average molecular weight is 312 g/mol. The molecule has 0 fully saturated rings. The van der Waals surface area contributed by atoms with E-state index in [2.05, 4.69) is 41.7 Å². The van der Waals surface area contributed by atoms with Crippen LogP contribution in [0, 0.1) is 5.92 Å². The van der Waals surface area contributed by atoms with Gasteiger partial charge in [0.1, 0.15) is 5.75 Å². The lowest BCUT2D eigenvalue weighted by molar-refractivity contribution is 0.0953. The van der Waals surface area contributed by atoms with Gasteiger partial charge in [0.25, 0.3) is 5.91 Å². The Kier molecular flexibility index (Phi) is 5.92. The number of nitrogens with one attached hydrogen (secondary N) is 1. The molecule has 0 aliphatic rings. The largest absolute Gasteiger partial charge is 0.492 e. The minimum atomic E-state index is -0.157. The van der Waals surface area contributed by atoms with E-state index in [4.69, 9.17) is 4.74 Å². The topological polar surface area (TPSA) is 38.3 Å². The summed E-state index contributed by atoms with van der Waals surface area (Å²) in [5.74, 6) is 0.862. The summed E-state index contributed by atoms with van der Waals surface area (Å²) >= 11 is 3.36. The van der Waals surface area contributed by atoms with E-state index < -0.39 is 0 Å². The number of benzene rings is 1. The van der Waals surface area contributed by atoms with Crippen LogP contribution in [0.2, 0.25) is 0 Å². The van der Waals surface area contributed by atoms with Crippen LogP contribution in [0.25, 0.3) is 0 Å². The van der Waals surface area contributed by atoms with E-state index in [1.54, 1.807) is 18.2 Å². The average Bonchev–Trinajstić information content (AvgIpc) is 2.34. The normalized spacial score (nSPS) is 10.2.